The third-order valence-corrected chi connectivity index (χ3v) is 3.54. The van der Waals surface area contributed by atoms with Gasteiger partial charge < -0.3 is 14.8 Å². The molecule has 2 rings (SSSR count). The van der Waals surface area contributed by atoms with Crippen LogP contribution < -0.4 is 14.8 Å². The molecule has 0 aliphatic carbocycles. The molecule has 0 unspecified atom stereocenters. The van der Waals surface area contributed by atoms with Gasteiger partial charge in [0.1, 0.15) is 11.5 Å². The minimum absolute atomic E-state index is 0.108. The number of amides is 1. The summed E-state index contributed by atoms with van der Waals surface area (Å²) in [5.74, 6) is 1.12. The first-order valence-electron chi connectivity index (χ1n) is 7.67. The lowest BCUT2D eigenvalue weighted by atomic mass is 10.1. The summed E-state index contributed by atoms with van der Waals surface area (Å²) < 4.78 is 11.1. The van der Waals surface area contributed by atoms with Crippen LogP contribution in [0.1, 0.15) is 12.5 Å². The molecule has 24 heavy (non-hydrogen) atoms. The van der Waals surface area contributed by atoms with E-state index in [-0.39, 0.29) is 12.5 Å². The maximum atomic E-state index is 12.0. The number of para-hydroxylation sites is 1. The van der Waals surface area contributed by atoms with Gasteiger partial charge in [0.05, 0.1) is 17.3 Å². The summed E-state index contributed by atoms with van der Waals surface area (Å²) in [5.41, 5.74) is 1.48. The zero-order chi connectivity index (χ0) is 17.4. The van der Waals surface area contributed by atoms with Crippen LogP contribution in [-0.4, -0.2) is 19.1 Å². The molecule has 0 aliphatic heterocycles. The summed E-state index contributed by atoms with van der Waals surface area (Å²) in [6.45, 7) is 6.15. The smallest absolute Gasteiger partial charge is 0.262 e. The highest BCUT2D eigenvalue weighted by Gasteiger charge is 2.09. The first-order chi connectivity index (χ1) is 11.6. The van der Waals surface area contributed by atoms with Crippen molar-refractivity contribution in [1.82, 2.24) is 0 Å². The molecule has 2 aromatic rings. The van der Waals surface area contributed by atoms with Crippen molar-refractivity contribution < 1.29 is 14.3 Å². The van der Waals surface area contributed by atoms with Crippen molar-refractivity contribution in [2.75, 3.05) is 18.5 Å². The molecule has 0 atom stereocenters. The molecule has 1 amide bonds. The molecular weight excluding hydrogens is 326 g/mol. The van der Waals surface area contributed by atoms with Crippen LogP contribution in [0.2, 0.25) is 5.02 Å². The van der Waals surface area contributed by atoms with E-state index in [0.717, 1.165) is 11.3 Å². The first-order valence-corrected chi connectivity index (χ1v) is 8.05. The topological polar surface area (TPSA) is 47.6 Å². The zero-order valence-corrected chi connectivity index (χ0v) is 14.3. The van der Waals surface area contributed by atoms with Crippen molar-refractivity contribution >= 4 is 23.2 Å². The van der Waals surface area contributed by atoms with Crippen LogP contribution in [0.3, 0.4) is 0 Å². The van der Waals surface area contributed by atoms with Gasteiger partial charge in [-0.2, -0.15) is 0 Å². The predicted molar refractivity (Wildman–Crippen MR) is 97.1 cm³/mol. The maximum Gasteiger partial charge on any atom is 0.262 e. The zero-order valence-electron chi connectivity index (χ0n) is 13.5. The molecule has 0 saturated heterocycles. The number of benzene rings is 2. The van der Waals surface area contributed by atoms with Gasteiger partial charge in [-0.25, -0.2) is 0 Å². The molecule has 0 aromatic heterocycles. The van der Waals surface area contributed by atoms with Crippen LogP contribution in [0, 0.1) is 0 Å². The molecule has 1 N–H and O–H groups in total. The number of ether oxygens (including phenoxy) is 2. The van der Waals surface area contributed by atoms with Crippen molar-refractivity contribution in [3.8, 4) is 11.5 Å². The summed E-state index contributed by atoms with van der Waals surface area (Å²) in [6.07, 6.45) is 2.41. The number of hydrogen-bond acceptors (Lipinski definition) is 3. The van der Waals surface area contributed by atoms with Crippen LogP contribution >= 0.6 is 11.6 Å². The highest BCUT2D eigenvalue weighted by Crippen LogP contribution is 2.25. The van der Waals surface area contributed by atoms with E-state index < -0.39 is 0 Å². The number of carbonyl (C=O) groups excluding carboxylic acids is 1. The van der Waals surface area contributed by atoms with E-state index in [4.69, 9.17) is 21.1 Å². The average molecular weight is 346 g/mol. The standard InChI is InChI=1S/C19H20ClNO3/c1-3-7-14-12-15(23-4-2)10-11-18(14)24-13-19(22)21-17-9-6-5-8-16(17)20/h3,5-6,8-12H,1,4,7,13H2,2H3,(H,21,22). The molecule has 0 radical (unpaired) electrons. The molecule has 0 heterocycles. The number of carbonyl (C=O) groups is 1. The second-order valence-corrected chi connectivity index (χ2v) is 5.42. The van der Waals surface area contributed by atoms with E-state index in [1.165, 1.54) is 0 Å². The van der Waals surface area contributed by atoms with E-state index in [1.807, 2.05) is 19.1 Å². The lowest BCUT2D eigenvalue weighted by Gasteiger charge is -2.13. The fraction of sp³-hybridized carbons (Fsp3) is 0.211. The number of hydrogen-bond donors (Lipinski definition) is 1. The summed E-state index contributed by atoms with van der Waals surface area (Å²) >= 11 is 6.02. The van der Waals surface area contributed by atoms with E-state index >= 15 is 0 Å². The fourth-order valence-corrected chi connectivity index (χ4v) is 2.34. The summed E-state index contributed by atoms with van der Waals surface area (Å²) in [7, 11) is 0. The second-order valence-electron chi connectivity index (χ2n) is 5.01. The summed E-state index contributed by atoms with van der Waals surface area (Å²) in [5, 5.41) is 3.21. The fourth-order valence-electron chi connectivity index (χ4n) is 2.16. The van der Waals surface area contributed by atoms with Crippen LogP contribution in [0.4, 0.5) is 5.69 Å². The Hall–Kier alpha value is -2.46. The Balaban J connectivity index is 2.01. The Bertz CT molecular complexity index is 716. The molecule has 2 aromatic carbocycles. The largest absolute Gasteiger partial charge is 0.494 e. The van der Waals surface area contributed by atoms with Crippen molar-refractivity contribution in [2.24, 2.45) is 0 Å². The van der Waals surface area contributed by atoms with Crippen molar-refractivity contribution in [2.45, 2.75) is 13.3 Å². The van der Waals surface area contributed by atoms with Gasteiger partial charge in [0.2, 0.25) is 0 Å². The average Bonchev–Trinajstić information content (AvgIpc) is 2.57. The third-order valence-electron chi connectivity index (χ3n) is 3.21. The minimum atomic E-state index is -0.276. The van der Waals surface area contributed by atoms with Gasteiger partial charge in [-0.1, -0.05) is 29.8 Å². The van der Waals surface area contributed by atoms with Gasteiger partial charge in [-0.3, -0.25) is 4.79 Å². The van der Waals surface area contributed by atoms with Gasteiger partial charge in [-0.15, -0.1) is 6.58 Å². The highest BCUT2D eigenvalue weighted by molar-refractivity contribution is 6.33. The number of anilines is 1. The Kier molecular flexibility index (Phi) is 6.70. The molecule has 0 spiro atoms. The lowest BCUT2D eigenvalue weighted by molar-refractivity contribution is -0.118. The molecule has 0 fully saturated rings. The van der Waals surface area contributed by atoms with E-state index in [0.29, 0.717) is 29.5 Å². The van der Waals surface area contributed by atoms with Crippen molar-refractivity contribution in [1.29, 1.82) is 0 Å². The van der Waals surface area contributed by atoms with E-state index in [1.54, 1.807) is 36.4 Å². The number of halogens is 1. The summed E-state index contributed by atoms with van der Waals surface area (Å²) in [6, 6.07) is 12.6. The molecular formula is C19H20ClNO3. The van der Waals surface area contributed by atoms with Crippen LogP contribution in [0.25, 0.3) is 0 Å². The van der Waals surface area contributed by atoms with Crippen LogP contribution in [0.5, 0.6) is 11.5 Å². The maximum absolute atomic E-state index is 12.0. The molecule has 5 heteroatoms. The van der Waals surface area contributed by atoms with Crippen molar-refractivity contribution in [3.05, 3.63) is 65.7 Å². The molecule has 0 bridgehead atoms. The number of nitrogens with one attached hydrogen (secondary N) is 1. The molecule has 0 aliphatic rings. The highest BCUT2D eigenvalue weighted by atomic mass is 35.5. The molecule has 126 valence electrons. The Labute approximate surface area is 147 Å². The van der Waals surface area contributed by atoms with Gasteiger partial charge in [0.25, 0.3) is 5.91 Å². The predicted octanol–water partition coefficient (Wildman–Crippen LogP) is 4.48. The van der Waals surface area contributed by atoms with E-state index in [9.17, 15) is 4.79 Å². The number of rotatable bonds is 8. The van der Waals surface area contributed by atoms with Crippen LogP contribution in [-0.2, 0) is 11.2 Å². The first kappa shape index (κ1) is 17.9. The lowest BCUT2D eigenvalue weighted by Crippen LogP contribution is -2.20. The van der Waals surface area contributed by atoms with Gasteiger partial charge >= 0.3 is 0 Å². The summed E-state index contributed by atoms with van der Waals surface area (Å²) in [4.78, 5) is 12.0. The quantitative estimate of drug-likeness (QED) is 0.717. The normalized spacial score (nSPS) is 10.1. The second kappa shape index (κ2) is 8.99. The van der Waals surface area contributed by atoms with Gasteiger partial charge in [-0.05, 0) is 43.7 Å². The van der Waals surface area contributed by atoms with Crippen LogP contribution in [0.15, 0.2) is 55.1 Å². The molecule has 0 saturated carbocycles. The van der Waals surface area contributed by atoms with E-state index in [2.05, 4.69) is 11.9 Å². The Morgan fingerprint density at radius 3 is 2.75 bits per heavy atom. The molecule has 4 nitrogen and oxygen atoms in total. The van der Waals surface area contributed by atoms with Crippen molar-refractivity contribution in [3.63, 3.8) is 0 Å². The minimum Gasteiger partial charge on any atom is -0.494 e. The number of allylic oxidation sites excluding steroid dienone is 1. The Morgan fingerprint density at radius 2 is 2.04 bits per heavy atom. The SMILES string of the molecule is C=CCc1cc(OCC)ccc1OCC(=O)Nc1ccccc1Cl. The monoisotopic (exact) mass is 345 g/mol. The third kappa shape index (κ3) is 5.03. The Morgan fingerprint density at radius 1 is 1.25 bits per heavy atom. The van der Waals surface area contributed by atoms with Gasteiger partial charge in [0.15, 0.2) is 6.61 Å². The van der Waals surface area contributed by atoms with Gasteiger partial charge in [0, 0.05) is 5.56 Å².